The van der Waals surface area contributed by atoms with Gasteiger partial charge in [-0.2, -0.15) is 10.5 Å². The number of nitriles is 2. The average molecular weight is 288 g/mol. The lowest BCUT2D eigenvalue weighted by molar-refractivity contribution is 0.0735. The van der Waals surface area contributed by atoms with Crippen LogP contribution in [0.1, 0.15) is 22.8 Å². The maximum absolute atomic E-state index is 11.9. The molecule has 0 unspecified atom stereocenters. The third-order valence-corrected chi connectivity index (χ3v) is 3.11. The van der Waals surface area contributed by atoms with Gasteiger partial charge in [0.25, 0.3) is 0 Å². The van der Waals surface area contributed by atoms with E-state index in [1.165, 1.54) is 0 Å². The van der Waals surface area contributed by atoms with Crippen molar-refractivity contribution < 1.29 is 9.53 Å². The summed E-state index contributed by atoms with van der Waals surface area (Å²) in [5.74, 6) is -0.0313. The molecule has 2 aromatic rings. The molecule has 4 heteroatoms. The first kappa shape index (κ1) is 15.0. The second-order valence-corrected chi connectivity index (χ2v) is 4.50. The summed E-state index contributed by atoms with van der Waals surface area (Å²) in [5.41, 5.74) is 1.86. The van der Waals surface area contributed by atoms with Crippen LogP contribution in [0.3, 0.4) is 0 Å². The average Bonchev–Trinajstić information content (AvgIpc) is 2.57. The Morgan fingerprint density at radius 2 is 1.50 bits per heavy atom. The lowest BCUT2D eigenvalue weighted by Crippen LogP contribution is -2.07. The Kier molecular flexibility index (Phi) is 4.70. The number of hydrogen-bond acceptors (Lipinski definition) is 4. The van der Waals surface area contributed by atoms with Gasteiger partial charge in [0.15, 0.2) is 0 Å². The summed E-state index contributed by atoms with van der Waals surface area (Å²) in [5, 5.41) is 17.7. The van der Waals surface area contributed by atoms with Gasteiger partial charge in [0.05, 0.1) is 5.56 Å². The lowest BCUT2D eigenvalue weighted by Gasteiger charge is -2.06. The molecule has 0 N–H and O–H groups in total. The zero-order chi connectivity index (χ0) is 15.9. The van der Waals surface area contributed by atoms with Crippen molar-refractivity contribution in [3.8, 4) is 17.9 Å². The van der Waals surface area contributed by atoms with E-state index in [0.717, 1.165) is 5.56 Å². The largest absolute Gasteiger partial charge is 0.423 e. The molecule has 0 aromatic heterocycles. The summed E-state index contributed by atoms with van der Waals surface area (Å²) < 4.78 is 5.26. The molecule has 0 bridgehead atoms. The maximum Gasteiger partial charge on any atom is 0.343 e. The first-order chi connectivity index (χ1) is 10.7. The van der Waals surface area contributed by atoms with Crippen molar-refractivity contribution in [3.05, 3.63) is 71.3 Å². The van der Waals surface area contributed by atoms with E-state index in [1.807, 2.05) is 18.2 Å². The molecule has 0 amide bonds. The Balaban J connectivity index is 2.17. The summed E-state index contributed by atoms with van der Waals surface area (Å²) in [6.45, 7) is 1.70. The fourth-order valence-corrected chi connectivity index (χ4v) is 1.85. The van der Waals surface area contributed by atoms with Crippen molar-refractivity contribution in [3.63, 3.8) is 0 Å². The second-order valence-electron chi connectivity index (χ2n) is 4.50. The van der Waals surface area contributed by atoms with Gasteiger partial charge in [0.1, 0.15) is 23.5 Å². The Bertz CT molecular complexity index is 776. The molecule has 0 fully saturated rings. The Morgan fingerprint density at radius 3 is 2.05 bits per heavy atom. The third kappa shape index (κ3) is 3.39. The molecular formula is C18H12N2O2. The molecule has 0 spiro atoms. The molecule has 0 radical (unpaired) electrons. The van der Waals surface area contributed by atoms with E-state index in [9.17, 15) is 4.79 Å². The number of esters is 1. The molecule has 2 rings (SSSR count). The summed E-state index contributed by atoms with van der Waals surface area (Å²) >= 11 is 0. The molecule has 0 atom stereocenters. The molecule has 0 saturated carbocycles. The smallest absolute Gasteiger partial charge is 0.343 e. The minimum absolute atomic E-state index is 0.0639. The van der Waals surface area contributed by atoms with Crippen molar-refractivity contribution in [2.45, 2.75) is 6.92 Å². The molecule has 0 heterocycles. The number of nitrogens with zero attached hydrogens (tertiary/aromatic N) is 2. The molecular weight excluding hydrogens is 276 g/mol. The fourth-order valence-electron chi connectivity index (χ4n) is 1.85. The van der Waals surface area contributed by atoms with Crippen LogP contribution < -0.4 is 4.74 Å². The van der Waals surface area contributed by atoms with Crippen LogP contribution in [0, 0.1) is 22.7 Å². The number of carbonyl (C=O) groups is 1. The lowest BCUT2D eigenvalue weighted by atomic mass is 10.0. The number of rotatable bonds is 3. The maximum atomic E-state index is 11.9. The van der Waals surface area contributed by atoms with Gasteiger partial charge in [-0.3, -0.25) is 0 Å². The van der Waals surface area contributed by atoms with Crippen LogP contribution in [0.25, 0.3) is 5.57 Å². The molecule has 0 saturated heterocycles. The van der Waals surface area contributed by atoms with Crippen molar-refractivity contribution in [1.82, 2.24) is 0 Å². The van der Waals surface area contributed by atoms with Gasteiger partial charge in [-0.1, -0.05) is 30.3 Å². The van der Waals surface area contributed by atoms with Crippen LogP contribution in [0.4, 0.5) is 0 Å². The van der Waals surface area contributed by atoms with E-state index in [-0.39, 0.29) is 5.57 Å². The van der Waals surface area contributed by atoms with Crippen LogP contribution in [0.2, 0.25) is 0 Å². The van der Waals surface area contributed by atoms with Crippen molar-refractivity contribution in [2.24, 2.45) is 0 Å². The molecule has 2 aromatic carbocycles. The van der Waals surface area contributed by atoms with Crippen LogP contribution >= 0.6 is 0 Å². The highest BCUT2D eigenvalue weighted by molar-refractivity contribution is 5.91. The van der Waals surface area contributed by atoms with E-state index in [2.05, 4.69) is 0 Å². The molecule has 0 aliphatic carbocycles. The summed E-state index contributed by atoms with van der Waals surface area (Å²) in [6.07, 6.45) is 0. The Labute approximate surface area is 128 Å². The van der Waals surface area contributed by atoms with Crippen LogP contribution in [-0.4, -0.2) is 5.97 Å². The highest BCUT2D eigenvalue weighted by atomic mass is 16.5. The van der Waals surface area contributed by atoms with E-state index in [1.54, 1.807) is 55.5 Å². The van der Waals surface area contributed by atoms with Gasteiger partial charge in [0, 0.05) is 0 Å². The highest BCUT2D eigenvalue weighted by Gasteiger charge is 2.08. The monoisotopic (exact) mass is 288 g/mol. The topological polar surface area (TPSA) is 73.9 Å². The predicted octanol–water partition coefficient (Wildman–Crippen LogP) is 3.73. The van der Waals surface area contributed by atoms with E-state index < -0.39 is 5.97 Å². The molecule has 0 aliphatic heterocycles. The van der Waals surface area contributed by atoms with Gasteiger partial charge < -0.3 is 4.74 Å². The molecule has 4 nitrogen and oxygen atoms in total. The van der Waals surface area contributed by atoms with Gasteiger partial charge >= 0.3 is 5.97 Å². The zero-order valence-electron chi connectivity index (χ0n) is 11.9. The number of ether oxygens (including phenoxy) is 1. The fraction of sp³-hybridized carbons (Fsp3) is 0.0556. The number of benzene rings is 2. The number of allylic oxidation sites excluding steroid dienone is 2. The van der Waals surface area contributed by atoms with Crippen LogP contribution in [0.15, 0.2) is 60.2 Å². The van der Waals surface area contributed by atoms with E-state index >= 15 is 0 Å². The number of hydrogen-bond donors (Lipinski definition) is 0. The van der Waals surface area contributed by atoms with Crippen molar-refractivity contribution >= 4 is 11.5 Å². The molecule has 22 heavy (non-hydrogen) atoms. The first-order valence-corrected chi connectivity index (χ1v) is 6.54. The predicted molar refractivity (Wildman–Crippen MR) is 81.7 cm³/mol. The van der Waals surface area contributed by atoms with Crippen LogP contribution in [-0.2, 0) is 0 Å². The zero-order valence-corrected chi connectivity index (χ0v) is 11.9. The van der Waals surface area contributed by atoms with Gasteiger partial charge in [-0.05, 0) is 42.3 Å². The van der Waals surface area contributed by atoms with Gasteiger partial charge in [-0.25, -0.2) is 4.79 Å². The highest BCUT2D eigenvalue weighted by Crippen LogP contribution is 2.21. The standard InChI is InChI=1S/C18H12N2O2/c1-13(16(11-19)12-20)14-7-9-17(10-8-14)22-18(21)15-5-3-2-4-6-15/h2-10H,1H3. The SMILES string of the molecule is CC(=C(C#N)C#N)c1ccc(OC(=O)c2ccccc2)cc1. The summed E-state index contributed by atoms with van der Waals surface area (Å²) in [6, 6.07) is 19.1. The Hall–Kier alpha value is -3.37. The van der Waals surface area contributed by atoms with Gasteiger partial charge in [-0.15, -0.1) is 0 Å². The number of carbonyl (C=O) groups excluding carboxylic acids is 1. The first-order valence-electron chi connectivity index (χ1n) is 6.54. The summed E-state index contributed by atoms with van der Waals surface area (Å²) in [4.78, 5) is 11.9. The van der Waals surface area contributed by atoms with Crippen molar-refractivity contribution in [2.75, 3.05) is 0 Å². The minimum atomic E-state index is -0.435. The minimum Gasteiger partial charge on any atom is -0.423 e. The van der Waals surface area contributed by atoms with Crippen molar-refractivity contribution in [1.29, 1.82) is 10.5 Å². The quantitative estimate of drug-likeness (QED) is 0.490. The molecule has 0 aliphatic rings. The normalized spacial score (nSPS) is 9.23. The second kappa shape index (κ2) is 6.88. The Morgan fingerprint density at radius 1 is 0.909 bits per heavy atom. The third-order valence-electron chi connectivity index (χ3n) is 3.11. The molecule has 106 valence electrons. The van der Waals surface area contributed by atoms with Gasteiger partial charge in [0.2, 0.25) is 0 Å². The van der Waals surface area contributed by atoms with E-state index in [4.69, 9.17) is 15.3 Å². The summed E-state index contributed by atoms with van der Waals surface area (Å²) in [7, 11) is 0. The van der Waals surface area contributed by atoms with Crippen LogP contribution in [0.5, 0.6) is 5.75 Å². The van der Waals surface area contributed by atoms with E-state index in [0.29, 0.717) is 16.9 Å².